The van der Waals surface area contributed by atoms with E-state index < -0.39 is 0 Å². The summed E-state index contributed by atoms with van der Waals surface area (Å²) in [6.45, 7) is 3.44. The van der Waals surface area contributed by atoms with Gasteiger partial charge in [-0.3, -0.25) is 0 Å². The molecule has 0 radical (unpaired) electrons. The van der Waals surface area contributed by atoms with Crippen molar-refractivity contribution in [2.45, 2.75) is 45.2 Å². The van der Waals surface area contributed by atoms with E-state index in [1.807, 2.05) is 30.7 Å². The van der Waals surface area contributed by atoms with E-state index >= 15 is 0 Å². The van der Waals surface area contributed by atoms with Crippen LogP contribution in [-0.4, -0.2) is 9.55 Å². The number of nitrogens with zero attached hydrogens (tertiary/aromatic N) is 2. The van der Waals surface area contributed by atoms with E-state index in [1.165, 1.54) is 25.7 Å². The van der Waals surface area contributed by atoms with Gasteiger partial charge in [-0.05, 0) is 23.8 Å². The van der Waals surface area contributed by atoms with Gasteiger partial charge in [-0.2, -0.15) is 0 Å². The highest BCUT2D eigenvalue weighted by Gasteiger charge is 2.23. The van der Waals surface area contributed by atoms with Gasteiger partial charge in [-0.15, -0.1) is 0 Å². The lowest BCUT2D eigenvalue weighted by molar-refractivity contribution is 0.226. The molecule has 3 nitrogen and oxygen atoms in total. The molecule has 1 fully saturated rings. The fourth-order valence-corrected chi connectivity index (χ4v) is 3.49. The molecule has 21 heavy (non-hydrogen) atoms. The van der Waals surface area contributed by atoms with Crippen LogP contribution in [0.1, 0.15) is 49.9 Å². The van der Waals surface area contributed by atoms with Crippen LogP contribution in [0.5, 0.6) is 0 Å². The molecule has 1 aromatic heterocycles. The van der Waals surface area contributed by atoms with Crippen LogP contribution >= 0.6 is 0 Å². The first kappa shape index (κ1) is 14.3. The number of hydrogen-bond acceptors (Lipinski definition) is 2. The van der Waals surface area contributed by atoms with Gasteiger partial charge >= 0.3 is 0 Å². The van der Waals surface area contributed by atoms with Crippen molar-refractivity contribution < 1.29 is 0 Å². The highest BCUT2D eigenvalue weighted by atomic mass is 15.1. The van der Waals surface area contributed by atoms with Crippen LogP contribution in [0.25, 0.3) is 0 Å². The van der Waals surface area contributed by atoms with Crippen molar-refractivity contribution >= 4 is 0 Å². The van der Waals surface area contributed by atoms with Crippen LogP contribution in [0.4, 0.5) is 0 Å². The average Bonchev–Trinajstić information content (AvgIpc) is 2.98. The molecule has 1 aromatic carbocycles. The van der Waals surface area contributed by atoms with Crippen LogP contribution in [0.3, 0.4) is 0 Å². The van der Waals surface area contributed by atoms with Crippen molar-refractivity contribution in [3.8, 4) is 0 Å². The third kappa shape index (κ3) is 3.18. The first-order valence-electron chi connectivity index (χ1n) is 8.06. The van der Waals surface area contributed by atoms with E-state index in [0.29, 0.717) is 0 Å². The van der Waals surface area contributed by atoms with Crippen LogP contribution in [-0.2, 0) is 6.54 Å². The monoisotopic (exact) mass is 283 g/mol. The van der Waals surface area contributed by atoms with E-state index in [0.717, 1.165) is 29.6 Å². The summed E-state index contributed by atoms with van der Waals surface area (Å²) in [6.07, 6.45) is 9.31. The Kier molecular flexibility index (Phi) is 4.39. The Hall–Kier alpha value is -1.61. The molecule has 0 amide bonds. The van der Waals surface area contributed by atoms with Crippen molar-refractivity contribution in [1.82, 2.24) is 9.55 Å². The van der Waals surface area contributed by atoms with Crippen LogP contribution < -0.4 is 5.73 Å². The molecule has 3 rings (SSSR count). The van der Waals surface area contributed by atoms with Gasteiger partial charge in [0.15, 0.2) is 0 Å². The summed E-state index contributed by atoms with van der Waals surface area (Å²) in [5, 5.41) is 0. The lowest BCUT2D eigenvalue weighted by Crippen LogP contribution is -2.24. The maximum absolute atomic E-state index is 6.44. The van der Waals surface area contributed by atoms with Crippen LogP contribution in [0.2, 0.25) is 0 Å². The van der Waals surface area contributed by atoms with Crippen molar-refractivity contribution in [2.75, 3.05) is 0 Å². The molecule has 2 aromatic rings. The Morgan fingerprint density at radius 1 is 1.24 bits per heavy atom. The van der Waals surface area contributed by atoms with E-state index in [4.69, 9.17) is 5.73 Å². The minimum atomic E-state index is -0.0902. The fraction of sp³-hybridized carbons (Fsp3) is 0.500. The largest absolute Gasteiger partial charge is 0.333 e. The van der Waals surface area contributed by atoms with Gasteiger partial charge in [0, 0.05) is 6.54 Å². The average molecular weight is 283 g/mol. The zero-order chi connectivity index (χ0) is 14.7. The maximum atomic E-state index is 6.44. The van der Waals surface area contributed by atoms with Gasteiger partial charge in [-0.1, -0.05) is 56.5 Å². The summed E-state index contributed by atoms with van der Waals surface area (Å²) in [5.41, 5.74) is 8.71. The van der Waals surface area contributed by atoms with Crippen LogP contribution in [0, 0.1) is 11.8 Å². The van der Waals surface area contributed by atoms with Gasteiger partial charge in [0.25, 0.3) is 0 Å². The third-order valence-corrected chi connectivity index (χ3v) is 4.94. The smallest absolute Gasteiger partial charge is 0.0948 e. The molecule has 0 aliphatic heterocycles. The predicted molar refractivity (Wildman–Crippen MR) is 85.8 cm³/mol. The minimum Gasteiger partial charge on any atom is -0.333 e. The second-order valence-corrected chi connectivity index (χ2v) is 6.38. The quantitative estimate of drug-likeness (QED) is 0.928. The lowest BCUT2D eigenvalue weighted by Gasteiger charge is -2.30. The Labute approximate surface area is 127 Å². The third-order valence-electron chi connectivity index (χ3n) is 4.94. The fourth-order valence-electron chi connectivity index (χ4n) is 3.49. The zero-order valence-electron chi connectivity index (χ0n) is 12.8. The second-order valence-electron chi connectivity index (χ2n) is 6.38. The van der Waals surface area contributed by atoms with E-state index in [-0.39, 0.29) is 6.04 Å². The summed E-state index contributed by atoms with van der Waals surface area (Å²) in [6, 6.07) is 10.2. The molecule has 1 saturated carbocycles. The van der Waals surface area contributed by atoms with Gasteiger partial charge in [0.1, 0.15) is 0 Å². The molecule has 3 unspecified atom stereocenters. The Morgan fingerprint density at radius 2 is 2.00 bits per heavy atom. The lowest BCUT2D eigenvalue weighted by atomic mass is 9.80. The highest BCUT2D eigenvalue weighted by molar-refractivity contribution is 5.26. The molecule has 1 heterocycles. The maximum Gasteiger partial charge on any atom is 0.0948 e. The van der Waals surface area contributed by atoms with Crippen molar-refractivity contribution in [2.24, 2.45) is 17.6 Å². The summed E-state index contributed by atoms with van der Waals surface area (Å²) in [7, 11) is 0. The van der Waals surface area contributed by atoms with Crippen molar-refractivity contribution in [1.29, 1.82) is 0 Å². The van der Waals surface area contributed by atoms with Gasteiger partial charge in [0.2, 0.25) is 0 Å². The molecule has 112 valence electrons. The molecular formula is C18H25N3. The molecule has 3 atom stereocenters. The predicted octanol–water partition coefficient (Wildman–Crippen LogP) is 3.76. The normalized spacial score (nSPS) is 23.9. The molecule has 1 aliphatic rings. The topological polar surface area (TPSA) is 43.8 Å². The van der Waals surface area contributed by atoms with Crippen molar-refractivity contribution in [3.05, 3.63) is 54.1 Å². The van der Waals surface area contributed by atoms with Gasteiger partial charge < -0.3 is 10.3 Å². The SMILES string of the molecule is CC1CCCCC1Cn1cncc1C(N)c1ccccc1. The number of imidazole rings is 1. The summed E-state index contributed by atoms with van der Waals surface area (Å²) in [5.74, 6) is 1.57. The summed E-state index contributed by atoms with van der Waals surface area (Å²) < 4.78 is 2.27. The standard InChI is InChI=1S/C18H25N3/c1-14-7-5-6-10-16(14)12-21-13-20-11-17(21)18(19)15-8-3-2-4-9-15/h2-4,8-9,11,13-14,16,18H,5-7,10,12,19H2,1H3. The molecule has 0 saturated heterocycles. The van der Waals surface area contributed by atoms with Crippen LogP contribution in [0.15, 0.2) is 42.9 Å². The highest BCUT2D eigenvalue weighted by Crippen LogP contribution is 2.31. The molecule has 0 bridgehead atoms. The van der Waals surface area contributed by atoms with E-state index in [2.05, 4.69) is 28.6 Å². The summed E-state index contributed by atoms with van der Waals surface area (Å²) in [4.78, 5) is 4.34. The minimum absolute atomic E-state index is 0.0902. The molecule has 1 aliphatic carbocycles. The Morgan fingerprint density at radius 3 is 2.76 bits per heavy atom. The van der Waals surface area contributed by atoms with Gasteiger partial charge in [-0.25, -0.2) is 4.98 Å². The molecule has 2 N–H and O–H groups in total. The number of hydrogen-bond donors (Lipinski definition) is 1. The number of benzene rings is 1. The Bertz CT molecular complexity index is 561. The first-order valence-corrected chi connectivity index (χ1v) is 8.06. The number of rotatable bonds is 4. The van der Waals surface area contributed by atoms with Gasteiger partial charge in [0.05, 0.1) is 24.3 Å². The molecular weight excluding hydrogens is 258 g/mol. The van der Waals surface area contributed by atoms with E-state index in [9.17, 15) is 0 Å². The van der Waals surface area contributed by atoms with Crippen molar-refractivity contribution in [3.63, 3.8) is 0 Å². The first-order chi connectivity index (χ1) is 10.3. The number of nitrogens with two attached hydrogens (primary N) is 1. The molecule has 0 spiro atoms. The Balaban J connectivity index is 1.77. The molecule has 3 heteroatoms. The zero-order valence-corrected chi connectivity index (χ0v) is 12.8. The van der Waals surface area contributed by atoms with E-state index in [1.54, 1.807) is 0 Å². The summed E-state index contributed by atoms with van der Waals surface area (Å²) >= 11 is 0. The second kappa shape index (κ2) is 6.44. The number of aromatic nitrogens is 2.